The zero-order valence-electron chi connectivity index (χ0n) is 14.3. The SMILES string of the molecule is N#Cc1ccc(OCCCNCC2CCCN2c2cccnn2)cc1. The third-order valence-corrected chi connectivity index (χ3v) is 4.36. The van der Waals surface area contributed by atoms with Crippen LogP contribution in [0.25, 0.3) is 0 Å². The summed E-state index contributed by atoms with van der Waals surface area (Å²) in [5.41, 5.74) is 0.651. The molecular weight excluding hydrogens is 314 g/mol. The highest BCUT2D eigenvalue weighted by Crippen LogP contribution is 2.22. The van der Waals surface area contributed by atoms with Crippen molar-refractivity contribution < 1.29 is 4.74 Å². The minimum atomic E-state index is 0.483. The lowest BCUT2D eigenvalue weighted by atomic mass is 10.2. The average molecular weight is 337 g/mol. The molecular formula is C19H23N5O. The smallest absolute Gasteiger partial charge is 0.151 e. The maximum atomic E-state index is 8.77. The van der Waals surface area contributed by atoms with E-state index in [2.05, 4.69) is 26.5 Å². The summed E-state index contributed by atoms with van der Waals surface area (Å²) in [7, 11) is 0. The number of aromatic nitrogens is 2. The molecule has 1 aliphatic heterocycles. The Bertz CT molecular complexity index is 683. The summed E-state index contributed by atoms with van der Waals surface area (Å²) in [4.78, 5) is 2.34. The van der Waals surface area contributed by atoms with Gasteiger partial charge in [-0.25, -0.2) is 0 Å². The van der Waals surface area contributed by atoms with E-state index in [0.717, 1.165) is 37.6 Å². The third-order valence-electron chi connectivity index (χ3n) is 4.36. The standard InChI is InChI=1S/C19H23N5O/c20-14-16-6-8-18(9-7-16)25-13-3-10-21-15-17-4-2-12-24(17)19-5-1-11-22-23-19/h1,5-9,11,17,21H,2-4,10,12-13,15H2. The van der Waals surface area contributed by atoms with E-state index in [1.165, 1.54) is 12.8 Å². The molecule has 130 valence electrons. The van der Waals surface area contributed by atoms with Gasteiger partial charge in [-0.3, -0.25) is 0 Å². The van der Waals surface area contributed by atoms with Gasteiger partial charge in [0.15, 0.2) is 5.82 Å². The number of anilines is 1. The molecule has 3 rings (SSSR count). The van der Waals surface area contributed by atoms with E-state index < -0.39 is 0 Å². The van der Waals surface area contributed by atoms with Crippen LogP contribution < -0.4 is 15.0 Å². The number of nitrogens with zero attached hydrogens (tertiary/aromatic N) is 4. The number of benzene rings is 1. The molecule has 2 heterocycles. The van der Waals surface area contributed by atoms with Crippen LogP contribution in [0.15, 0.2) is 42.6 Å². The fraction of sp³-hybridized carbons (Fsp3) is 0.421. The number of rotatable bonds is 8. The minimum Gasteiger partial charge on any atom is -0.494 e. The summed E-state index contributed by atoms with van der Waals surface area (Å²) in [5, 5.41) is 20.5. The lowest BCUT2D eigenvalue weighted by Crippen LogP contribution is -2.39. The number of hydrogen-bond acceptors (Lipinski definition) is 6. The molecule has 0 aliphatic carbocycles. The number of ether oxygens (including phenoxy) is 1. The van der Waals surface area contributed by atoms with E-state index in [1.807, 2.05) is 24.3 Å². The summed E-state index contributed by atoms with van der Waals surface area (Å²) in [6, 6.07) is 13.8. The molecule has 0 radical (unpaired) electrons. The van der Waals surface area contributed by atoms with E-state index >= 15 is 0 Å². The van der Waals surface area contributed by atoms with Crippen LogP contribution in [0.4, 0.5) is 5.82 Å². The van der Waals surface area contributed by atoms with Crippen LogP contribution in [0.2, 0.25) is 0 Å². The largest absolute Gasteiger partial charge is 0.494 e. The molecule has 6 nitrogen and oxygen atoms in total. The van der Waals surface area contributed by atoms with Gasteiger partial charge in [0.2, 0.25) is 0 Å². The molecule has 0 saturated carbocycles. The van der Waals surface area contributed by atoms with E-state index in [4.69, 9.17) is 10.00 Å². The molecule has 1 fully saturated rings. The Morgan fingerprint density at radius 1 is 1.28 bits per heavy atom. The molecule has 1 saturated heterocycles. The first-order valence-electron chi connectivity index (χ1n) is 8.75. The Hall–Kier alpha value is -2.65. The summed E-state index contributed by atoms with van der Waals surface area (Å²) in [6.45, 7) is 3.58. The number of nitrogens with one attached hydrogen (secondary N) is 1. The van der Waals surface area contributed by atoms with E-state index in [0.29, 0.717) is 18.2 Å². The van der Waals surface area contributed by atoms with E-state index in [1.54, 1.807) is 18.3 Å². The quantitative estimate of drug-likeness (QED) is 0.746. The van der Waals surface area contributed by atoms with Crippen molar-refractivity contribution in [3.05, 3.63) is 48.2 Å². The molecule has 0 amide bonds. The Labute approximate surface area is 148 Å². The highest BCUT2D eigenvalue weighted by Gasteiger charge is 2.25. The molecule has 0 bridgehead atoms. The fourth-order valence-electron chi connectivity index (χ4n) is 3.08. The van der Waals surface area contributed by atoms with E-state index in [9.17, 15) is 0 Å². The molecule has 2 aromatic rings. The molecule has 0 spiro atoms. The lowest BCUT2D eigenvalue weighted by molar-refractivity contribution is 0.307. The van der Waals surface area contributed by atoms with Crippen LogP contribution in [0.1, 0.15) is 24.8 Å². The molecule has 1 N–H and O–H groups in total. The van der Waals surface area contributed by atoms with Gasteiger partial charge < -0.3 is 15.0 Å². The molecule has 1 unspecified atom stereocenters. The molecule has 1 aromatic heterocycles. The highest BCUT2D eigenvalue weighted by atomic mass is 16.5. The van der Waals surface area contributed by atoms with Gasteiger partial charge in [0.25, 0.3) is 0 Å². The van der Waals surface area contributed by atoms with Crippen LogP contribution in [-0.4, -0.2) is 42.5 Å². The monoisotopic (exact) mass is 337 g/mol. The van der Waals surface area contributed by atoms with Gasteiger partial charge >= 0.3 is 0 Å². The van der Waals surface area contributed by atoms with Crippen molar-refractivity contribution in [2.45, 2.75) is 25.3 Å². The van der Waals surface area contributed by atoms with Crippen molar-refractivity contribution in [2.75, 3.05) is 31.1 Å². The summed E-state index contributed by atoms with van der Waals surface area (Å²) < 4.78 is 5.69. The molecule has 1 atom stereocenters. The fourth-order valence-corrected chi connectivity index (χ4v) is 3.08. The Balaban J connectivity index is 1.33. The predicted molar refractivity (Wildman–Crippen MR) is 96.5 cm³/mol. The summed E-state index contributed by atoms with van der Waals surface area (Å²) in [5.74, 6) is 1.78. The Morgan fingerprint density at radius 3 is 2.92 bits per heavy atom. The van der Waals surface area contributed by atoms with Gasteiger partial charge in [-0.2, -0.15) is 10.4 Å². The molecule has 6 heteroatoms. The van der Waals surface area contributed by atoms with Gasteiger partial charge in [0.05, 0.1) is 18.2 Å². The van der Waals surface area contributed by atoms with Crippen LogP contribution in [0.3, 0.4) is 0 Å². The zero-order chi connectivity index (χ0) is 17.3. The van der Waals surface area contributed by atoms with Crippen LogP contribution in [-0.2, 0) is 0 Å². The highest BCUT2D eigenvalue weighted by molar-refractivity contribution is 5.39. The van der Waals surface area contributed by atoms with Crippen LogP contribution in [0, 0.1) is 11.3 Å². The van der Waals surface area contributed by atoms with Gasteiger partial charge in [0, 0.05) is 25.3 Å². The van der Waals surface area contributed by atoms with Gasteiger partial charge in [-0.1, -0.05) is 0 Å². The second-order valence-electron chi connectivity index (χ2n) is 6.11. The minimum absolute atomic E-state index is 0.483. The van der Waals surface area contributed by atoms with Crippen molar-refractivity contribution in [3.8, 4) is 11.8 Å². The normalized spacial score (nSPS) is 16.6. The second kappa shape index (κ2) is 9.00. The second-order valence-corrected chi connectivity index (χ2v) is 6.11. The lowest BCUT2D eigenvalue weighted by Gasteiger charge is -2.25. The van der Waals surface area contributed by atoms with Crippen molar-refractivity contribution in [1.29, 1.82) is 5.26 Å². The van der Waals surface area contributed by atoms with E-state index in [-0.39, 0.29) is 0 Å². The maximum absolute atomic E-state index is 8.77. The predicted octanol–water partition coefficient (Wildman–Crippen LogP) is 2.38. The Morgan fingerprint density at radius 2 is 2.16 bits per heavy atom. The first-order valence-corrected chi connectivity index (χ1v) is 8.75. The first-order chi connectivity index (χ1) is 12.4. The number of nitriles is 1. The van der Waals surface area contributed by atoms with Crippen LogP contribution in [0.5, 0.6) is 5.75 Å². The molecule has 1 aromatic carbocycles. The zero-order valence-corrected chi connectivity index (χ0v) is 14.3. The van der Waals surface area contributed by atoms with Crippen molar-refractivity contribution in [3.63, 3.8) is 0 Å². The Kier molecular flexibility index (Phi) is 6.18. The van der Waals surface area contributed by atoms with Gasteiger partial charge in [-0.15, -0.1) is 5.10 Å². The first kappa shape index (κ1) is 17.2. The van der Waals surface area contributed by atoms with Gasteiger partial charge in [0.1, 0.15) is 5.75 Å². The summed E-state index contributed by atoms with van der Waals surface area (Å²) in [6.07, 6.45) is 5.04. The third kappa shape index (κ3) is 4.91. The molecule has 1 aliphatic rings. The topological polar surface area (TPSA) is 74.1 Å². The molecule has 25 heavy (non-hydrogen) atoms. The van der Waals surface area contributed by atoms with Crippen molar-refractivity contribution >= 4 is 5.82 Å². The maximum Gasteiger partial charge on any atom is 0.151 e. The number of hydrogen-bond donors (Lipinski definition) is 1. The van der Waals surface area contributed by atoms with Gasteiger partial charge in [-0.05, 0) is 62.2 Å². The van der Waals surface area contributed by atoms with Crippen LogP contribution >= 0.6 is 0 Å². The van der Waals surface area contributed by atoms with Crippen molar-refractivity contribution in [1.82, 2.24) is 15.5 Å². The average Bonchev–Trinajstić information content (AvgIpc) is 3.14. The van der Waals surface area contributed by atoms with Crippen molar-refractivity contribution in [2.24, 2.45) is 0 Å². The summed E-state index contributed by atoms with van der Waals surface area (Å²) >= 11 is 0.